The molecular weight excluding hydrogens is 408 g/mol. The molecule has 1 fully saturated rings. The van der Waals surface area contributed by atoms with Crippen LogP contribution in [0, 0.1) is 10.1 Å². The standard InChI is InChI=1S/C20H18N4O5S/c1-22(2)16-9-4-12(11-17(16)24(27)28)10-15-18(25)21-20(30)23(19(15)26)13-5-7-14(29-3)8-6-13/h4-11H,1-3H3,(H,21,25,30)/b15-10+. The van der Waals surface area contributed by atoms with E-state index in [-0.39, 0.29) is 16.4 Å². The molecule has 0 atom stereocenters. The Balaban J connectivity index is 2.02. The van der Waals surface area contributed by atoms with Crippen LogP contribution in [0.4, 0.5) is 17.1 Å². The number of hydrogen-bond acceptors (Lipinski definition) is 7. The number of nitro benzene ring substituents is 1. The predicted molar refractivity (Wildman–Crippen MR) is 117 cm³/mol. The Morgan fingerprint density at radius 3 is 2.40 bits per heavy atom. The molecule has 9 nitrogen and oxygen atoms in total. The van der Waals surface area contributed by atoms with E-state index in [0.717, 1.165) is 0 Å². The minimum absolute atomic E-state index is 0.0544. The van der Waals surface area contributed by atoms with E-state index < -0.39 is 16.7 Å². The van der Waals surface area contributed by atoms with Crippen LogP contribution in [0.2, 0.25) is 0 Å². The maximum Gasteiger partial charge on any atom is 0.293 e. The van der Waals surface area contributed by atoms with E-state index in [1.54, 1.807) is 55.4 Å². The molecule has 1 heterocycles. The van der Waals surface area contributed by atoms with Gasteiger partial charge in [-0.1, -0.05) is 6.07 Å². The van der Waals surface area contributed by atoms with Crippen molar-refractivity contribution in [2.75, 3.05) is 31.0 Å². The number of ether oxygens (including phenoxy) is 1. The van der Waals surface area contributed by atoms with Gasteiger partial charge in [0, 0.05) is 20.2 Å². The van der Waals surface area contributed by atoms with Gasteiger partial charge < -0.3 is 9.64 Å². The molecule has 10 heteroatoms. The first-order valence-electron chi connectivity index (χ1n) is 8.74. The van der Waals surface area contributed by atoms with E-state index in [4.69, 9.17) is 17.0 Å². The van der Waals surface area contributed by atoms with Gasteiger partial charge in [-0.15, -0.1) is 0 Å². The number of amides is 2. The smallest absolute Gasteiger partial charge is 0.293 e. The summed E-state index contributed by atoms with van der Waals surface area (Å²) in [6.45, 7) is 0. The summed E-state index contributed by atoms with van der Waals surface area (Å²) in [7, 11) is 4.89. The minimum Gasteiger partial charge on any atom is -0.497 e. The Morgan fingerprint density at radius 1 is 1.17 bits per heavy atom. The van der Waals surface area contributed by atoms with Crippen LogP contribution in [-0.2, 0) is 9.59 Å². The molecule has 0 aromatic heterocycles. The molecule has 3 rings (SSSR count). The summed E-state index contributed by atoms with van der Waals surface area (Å²) in [4.78, 5) is 39.1. The van der Waals surface area contributed by atoms with Crippen molar-refractivity contribution in [3.8, 4) is 5.75 Å². The zero-order chi connectivity index (χ0) is 22.0. The molecule has 154 valence electrons. The van der Waals surface area contributed by atoms with Crippen molar-refractivity contribution < 1.29 is 19.2 Å². The number of anilines is 2. The summed E-state index contributed by atoms with van der Waals surface area (Å²) in [6.07, 6.45) is 1.31. The number of nitro groups is 1. The number of carbonyl (C=O) groups excluding carboxylic acids is 2. The number of benzene rings is 2. The number of hydrogen-bond donors (Lipinski definition) is 1. The lowest BCUT2D eigenvalue weighted by Crippen LogP contribution is -2.54. The molecule has 1 aliphatic rings. The van der Waals surface area contributed by atoms with Crippen LogP contribution in [0.15, 0.2) is 48.0 Å². The molecule has 0 saturated carbocycles. The number of methoxy groups -OCH3 is 1. The van der Waals surface area contributed by atoms with E-state index >= 15 is 0 Å². The van der Waals surface area contributed by atoms with E-state index in [0.29, 0.717) is 22.7 Å². The van der Waals surface area contributed by atoms with Crippen LogP contribution in [0.1, 0.15) is 5.56 Å². The van der Waals surface area contributed by atoms with Crippen LogP contribution in [0.25, 0.3) is 6.08 Å². The van der Waals surface area contributed by atoms with Gasteiger partial charge in [-0.05, 0) is 54.2 Å². The van der Waals surface area contributed by atoms with Crippen molar-refractivity contribution in [1.82, 2.24) is 5.32 Å². The first-order valence-corrected chi connectivity index (χ1v) is 9.15. The normalized spacial score (nSPS) is 15.2. The average Bonchev–Trinajstić information content (AvgIpc) is 2.71. The third kappa shape index (κ3) is 3.98. The van der Waals surface area contributed by atoms with E-state index in [1.807, 2.05) is 0 Å². The molecule has 1 aliphatic heterocycles. The third-order valence-electron chi connectivity index (χ3n) is 4.42. The third-order valence-corrected chi connectivity index (χ3v) is 4.71. The highest BCUT2D eigenvalue weighted by Crippen LogP contribution is 2.29. The number of thiocarbonyl (C=S) groups is 1. The number of nitrogens with zero attached hydrogens (tertiary/aromatic N) is 3. The minimum atomic E-state index is -0.672. The predicted octanol–water partition coefficient (Wildman–Crippen LogP) is 2.50. The highest BCUT2D eigenvalue weighted by atomic mass is 32.1. The average molecular weight is 426 g/mol. The second-order valence-corrected chi connectivity index (χ2v) is 6.94. The molecule has 2 aromatic rings. The Bertz CT molecular complexity index is 1080. The lowest BCUT2D eigenvalue weighted by atomic mass is 10.1. The van der Waals surface area contributed by atoms with Gasteiger partial charge in [-0.25, -0.2) is 0 Å². The Kier molecular flexibility index (Phi) is 5.79. The van der Waals surface area contributed by atoms with Crippen LogP contribution < -0.4 is 19.9 Å². The van der Waals surface area contributed by atoms with Crippen LogP contribution >= 0.6 is 12.2 Å². The fourth-order valence-electron chi connectivity index (χ4n) is 2.94. The molecule has 0 radical (unpaired) electrons. The molecule has 2 amide bonds. The summed E-state index contributed by atoms with van der Waals surface area (Å²) >= 11 is 5.16. The monoisotopic (exact) mass is 426 g/mol. The maximum absolute atomic E-state index is 13.0. The van der Waals surface area contributed by atoms with Gasteiger partial charge in [0.15, 0.2) is 5.11 Å². The fraction of sp³-hybridized carbons (Fsp3) is 0.150. The fourth-order valence-corrected chi connectivity index (χ4v) is 3.23. The van der Waals surface area contributed by atoms with Gasteiger partial charge >= 0.3 is 0 Å². The van der Waals surface area contributed by atoms with Crippen molar-refractivity contribution in [3.05, 3.63) is 63.7 Å². The van der Waals surface area contributed by atoms with Gasteiger partial charge in [-0.2, -0.15) is 0 Å². The van der Waals surface area contributed by atoms with Crippen LogP contribution in [0.5, 0.6) is 5.75 Å². The highest BCUT2D eigenvalue weighted by molar-refractivity contribution is 7.80. The van der Waals surface area contributed by atoms with E-state index in [1.165, 1.54) is 24.2 Å². The summed E-state index contributed by atoms with van der Waals surface area (Å²) in [6, 6.07) is 11.1. The molecule has 2 aromatic carbocycles. The molecule has 0 spiro atoms. The van der Waals surface area contributed by atoms with Gasteiger partial charge in [0.05, 0.1) is 17.7 Å². The quantitative estimate of drug-likeness (QED) is 0.257. The van der Waals surface area contributed by atoms with Crippen LogP contribution in [0.3, 0.4) is 0 Å². The van der Waals surface area contributed by atoms with Crippen molar-refractivity contribution in [2.45, 2.75) is 0 Å². The zero-order valence-corrected chi connectivity index (χ0v) is 17.2. The number of rotatable bonds is 5. The second kappa shape index (κ2) is 8.29. The largest absolute Gasteiger partial charge is 0.497 e. The maximum atomic E-state index is 13.0. The van der Waals surface area contributed by atoms with Crippen molar-refractivity contribution in [1.29, 1.82) is 0 Å². The summed E-state index contributed by atoms with van der Waals surface area (Å²) in [5.74, 6) is -0.704. The molecule has 0 unspecified atom stereocenters. The Labute approximate surface area is 177 Å². The Hall–Kier alpha value is -3.79. The van der Waals surface area contributed by atoms with Crippen molar-refractivity contribution in [3.63, 3.8) is 0 Å². The number of nitrogens with one attached hydrogen (secondary N) is 1. The molecule has 1 saturated heterocycles. The van der Waals surface area contributed by atoms with Crippen molar-refractivity contribution in [2.24, 2.45) is 0 Å². The molecular formula is C20H18N4O5S. The lowest BCUT2D eigenvalue weighted by molar-refractivity contribution is -0.384. The van der Waals surface area contributed by atoms with Crippen LogP contribution in [-0.4, -0.2) is 43.1 Å². The van der Waals surface area contributed by atoms with Gasteiger partial charge in [-0.3, -0.25) is 29.9 Å². The lowest BCUT2D eigenvalue weighted by Gasteiger charge is -2.29. The SMILES string of the molecule is COc1ccc(N2C(=O)/C(=C/c3ccc(N(C)C)c([N+](=O)[O-])c3)C(=O)NC2=S)cc1. The Morgan fingerprint density at radius 2 is 1.83 bits per heavy atom. The topological polar surface area (TPSA) is 105 Å². The van der Waals surface area contributed by atoms with E-state index in [2.05, 4.69) is 5.32 Å². The number of carbonyl (C=O) groups is 2. The summed E-state index contributed by atoms with van der Waals surface area (Å²) < 4.78 is 5.11. The first kappa shape index (κ1) is 20.9. The molecule has 0 aliphatic carbocycles. The zero-order valence-electron chi connectivity index (χ0n) is 16.4. The van der Waals surface area contributed by atoms with Gasteiger partial charge in [0.1, 0.15) is 17.0 Å². The summed E-state index contributed by atoms with van der Waals surface area (Å²) in [5, 5.41) is 13.8. The van der Waals surface area contributed by atoms with Gasteiger partial charge in [0.25, 0.3) is 17.5 Å². The molecule has 30 heavy (non-hydrogen) atoms. The van der Waals surface area contributed by atoms with Gasteiger partial charge in [0.2, 0.25) is 0 Å². The summed E-state index contributed by atoms with van der Waals surface area (Å²) in [5.41, 5.74) is 0.869. The van der Waals surface area contributed by atoms with E-state index in [9.17, 15) is 19.7 Å². The highest BCUT2D eigenvalue weighted by Gasteiger charge is 2.34. The second-order valence-electron chi connectivity index (χ2n) is 6.56. The first-order chi connectivity index (χ1) is 14.2. The molecule has 1 N–H and O–H groups in total. The molecule has 0 bridgehead atoms. The van der Waals surface area contributed by atoms with Crippen molar-refractivity contribution >= 4 is 52.3 Å².